The van der Waals surface area contributed by atoms with E-state index in [4.69, 9.17) is 0 Å². The van der Waals surface area contributed by atoms with Gasteiger partial charge in [0.25, 0.3) is 0 Å². The summed E-state index contributed by atoms with van der Waals surface area (Å²) in [5.74, 6) is 0.909. The molecular weight excluding hydrogens is 331 g/mol. The molecule has 0 nitrogen and oxygen atoms in total. The van der Waals surface area contributed by atoms with Crippen LogP contribution in [0.4, 0.5) is 19.4 Å². The van der Waals surface area contributed by atoms with Crippen LogP contribution >= 0.6 is 10.2 Å². The van der Waals surface area contributed by atoms with Crippen LogP contribution in [0, 0.1) is 5.92 Å². The minimum Gasteiger partial charge on any atom is -0.0936 e. The topological polar surface area (TPSA) is 0 Å². The molecule has 0 radical (unpaired) electrons. The average molecular weight is 356 g/mol. The van der Waals surface area contributed by atoms with Gasteiger partial charge in [-0.1, -0.05) is 64.2 Å². The third-order valence-corrected chi connectivity index (χ3v) is 6.02. The van der Waals surface area contributed by atoms with E-state index in [9.17, 15) is 19.4 Å². The van der Waals surface area contributed by atoms with Crippen molar-refractivity contribution in [3.05, 3.63) is 29.8 Å². The summed E-state index contributed by atoms with van der Waals surface area (Å²) in [6.07, 6.45) is 8.95. The van der Waals surface area contributed by atoms with Crippen LogP contribution in [0.5, 0.6) is 0 Å². The summed E-state index contributed by atoms with van der Waals surface area (Å²) < 4.78 is 63.6. The maximum absolute atomic E-state index is 12.7. The zero-order valence-corrected chi connectivity index (χ0v) is 14.2. The van der Waals surface area contributed by atoms with Crippen LogP contribution in [-0.4, -0.2) is 0 Å². The van der Waals surface area contributed by atoms with Gasteiger partial charge in [0.05, 0.1) is 0 Å². The number of hydrogen-bond donors (Lipinski definition) is 0. The van der Waals surface area contributed by atoms with Gasteiger partial charge >= 0.3 is 10.2 Å². The molecule has 23 heavy (non-hydrogen) atoms. The Kier molecular flexibility index (Phi) is 4.79. The van der Waals surface area contributed by atoms with E-state index < -0.39 is 15.1 Å². The molecule has 0 bridgehead atoms. The minimum absolute atomic E-state index is 0.199. The summed E-state index contributed by atoms with van der Waals surface area (Å²) in [6, 6.07) is 3.55. The fourth-order valence-electron chi connectivity index (χ4n) is 3.46. The van der Waals surface area contributed by atoms with E-state index in [2.05, 4.69) is 6.92 Å². The van der Waals surface area contributed by atoms with Crippen LogP contribution < -0.4 is 0 Å². The lowest BCUT2D eigenvalue weighted by atomic mass is 9.77. The number of rotatable bonds is 6. The van der Waals surface area contributed by atoms with Crippen LogP contribution in [0.1, 0.15) is 69.8 Å². The molecule has 1 saturated carbocycles. The Bertz CT molecular complexity index is 512. The highest BCUT2D eigenvalue weighted by molar-refractivity contribution is 8.45. The Morgan fingerprint density at radius 1 is 0.870 bits per heavy atom. The van der Waals surface area contributed by atoms with Crippen LogP contribution in [0.15, 0.2) is 29.2 Å². The molecule has 0 aliphatic heterocycles. The van der Waals surface area contributed by atoms with Gasteiger partial charge in [0.15, 0.2) is 0 Å². The zero-order valence-electron chi connectivity index (χ0n) is 13.4. The number of benzene rings is 1. The summed E-state index contributed by atoms with van der Waals surface area (Å²) in [7, 11) is -9.54. The molecule has 2 rings (SSSR count). The zero-order chi connectivity index (χ0) is 17.2. The molecule has 134 valence electrons. The third kappa shape index (κ3) is 5.37. The summed E-state index contributed by atoms with van der Waals surface area (Å²) in [5.41, 5.74) is 0.752. The van der Waals surface area contributed by atoms with E-state index in [1.807, 2.05) is 0 Å². The predicted octanol–water partition coefficient (Wildman–Crippen LogP) is 8.20. The highest BCUT2D eigenvalue weighted by Crippen LogP contribution is 3.02. The van der Waals surface area contributed by atoms with Crippen molar-refractivity contribution in [3.63, 3.8) is 0 Å². The highest BCUT2D eigenvalue weighted by Gasteiger charge is 2.65. The summed E-state index contributed by atoms with van der Waals surface area (Å²) >= 11 is 0. The van der Waals surface area contributed by atoms with Gasteiger partial charge in [-0.25, -0.2) is 0 Å². The van der Waals surface area contributed by atoms with Crippen LogP contribution in [0.2, 0.25) is 0 Å². The van der Waals surface area contributed by atoms with E-state index in [0.29, 0.717) is 18.1 Å². The van der Waals surface area contributed by atoms with Gasteiger partial charge in [0, 0.05) is 0 Å². The van der Waals surface area contributed by atoms with Crippen molar-refractivity contribution in [2.75, 3.05) is 0 Å². The second kappa shape index (κ2) is 5.94. The fraction of sp³-hybridized carbons (Fsp3) is 0.647. The fourth-order valence-corrected chi connectivity index (χ4v) is 4.12. The standard InChI is InChI=1S/C17H25F5S/c1-2-3-4-5-14-6-8-15(9-7-14)16-10-12-17(13-11-16)23(18,19,20,21)22/h10-15H,2-9H2,1H3. The van der Waals surface area contributed by atoms with Crippen molar-refractivity contribution in [3.8, 4) is 0 Å². The maximum Gasteiger partial charge on any atom is 0.310 e. The first-order valence-corrected chi connectivity index (χ1v) is 10.3. The van der Waals surface area contributed by atoms with Gasteiger partial charge in [0.1, 0.15) is 4.90 Å². The largest absolute Gasteiger partial charge is 0.310 e. The summed E-state index contributed by atoms with van der Waals surface area (Å²) in [6.45, 7) is 2.17. The quantitative estimate of drug-likeness (QED) is 0.356. The lowest BCUT2D eigenvalue weighted by Gasteiger charge is -2.40. The summed E-state index contributed by atoms with van der Waals surface area (Å²) in [5, 5.41) is 0. The molecule has 0 amide bonds. The monoisotopic (exact) mass is 356 g/mol. The molecule has 1 aromatic carbocycles. The molecule has 0 spiro atoms. The Balaban J connectivity index is 1.95. The van der Waals surface area contributed by atoms with Gasteiger partial charge < -0.3 is 0 Å². The first-order valence-electron chi connectivity index (χ1n) is 8.33. The average Bonchev–Trinajstić information content (AvgIpc) is 2.46. The first-order chi connectivity index (χ1) is 10.5. The van der Waals surface area contributed by atoms with Gasteiger partial charge in [-0.3, -0.25) is 0 Å². The van der Waals surface area contributed by atoms with Crippen molar-refractivity contribution in [1.82, 2.24) is 0 Å². The van der Waals surface area contributed by atoms with Crippen molar-refractivity contribution >= 4 is 10.2 Å². The third-order valence-electron chi connectivity index (χ3n) is 4.86. The molecule has 0 heterocycles. The lowest BCUT2D eigenvalue weighted by molar-refractivity contribution is 0.302. The lowest BCUT2D eigenvalue weighted by Crippen LogP contribution is -2.13. The van der Waals surface area contributed by atoms with Crippen molar-refractivity contribution < 1.29 is 19.4 Å². The molecule has 0 aromatic heterocycles. The predicted molar refractivity (Wildman–Crippen MR) is 86.7 cm³/mol. The molecule has 1 fully saturated rings. The van der Waals surface area contributed by atoms with Crippen LogP contribution in [0.3, 0.4) is 0 Å². The van der Waals surface area contributed by atoms with Gasteiger partial charge in [-0.2, -0.15) is 0 Å². The highest BCUT2D eigenvalue weighted by atomic mass is 32.5. The Labute approximate surface area is 135 Å². The van der Waals surface area contributed by atoms with E-state index in [1.165, 1.54) is 37.8 Å². The second-order valence-electron chi connectivity index (χ2n) is 6.75. The molecule has 1 aromatic rings. The maximum atomic E-state index is 12.7. The van der Waals surface area contributed by atoms with E-state index in [1.54, 1.807) is 0 Å². The van der Waals surface area contributed by atoms with Crippen LogP contribution in [0.25, 0.3) is 0 Å². The van der Waals surface area contributed by atoms with E-state index in [-0.39, 0.29) is 5.92 Å². The summed E-state index contributed by atoms with van der Waals surface area (Å²) in [4.78, 5) is -1.79. The number of hydrogen-bond acceptors (Lipinski definition) is 0. The van der Waals surface area contributed by atoms with Gasteiger partial charge in [-0.05, 0) is 55.2 Å². The van der Waals surface area contributed by atoms with E-state index in [0.717, 1.165) is 31.2 Å². The SMILES string of the molecule is CCCCCC1CCC(c2ccc(S(F)(F)(F)(F)F)cc2)CC1. The molecule has 0 saturated heterocycles. The van der Waals surface area contributed by atoms with Crippen LogP contribution in [-0.2, 0) is 0 Å². The number of halogens is 5. The first kappa shape index (κ1) is 18.6. The van der Waals surface area contributed by atoms with Crippen molar-refractivity contribution in [2.24, 2.45) is 5.92 Å². The Morgan fingerprint density at radius 3 is 1.91 bits per heavy atom. The molecule has 1 aliphatic carbocycles. The molecule has 0 N–H and O–H groups in total. The minimum atomic E-state index is -9.54. The smallest absolute Gasteiger partial charge is 0.0936 e. The second-order valence-corrected chi connectivity index (χ2v) is 9.16. The Morgan fingerprint density at radius 2 is 1.43 bits per heavy atom. The van der Waals surface area contributed by atoms with Crippen molar-refractivity contribution in [2.45, 2.75) is 69.1 Å². The van der Waals surface area contributed by atoms with E-state index >= 15 is 0 Å². The molecule has 6 heteroatoms. The molecule has 1 aliphatic rings. The van der Waals surface area contributed by atoms with Gasteiger partial charge in [0.2, 0.25) is 0 Å². The molecular formula is C17H25F5S. The Hall–Kier alpha value is -0.780. The number of unbranched alkanes of at least 4 members (excludes halogenated alkanes) is 2. The van der Waals surface area contributed by atoms with Crippen molar-refractivity contribution in [1.29, 1.82) is 0 Å². The normalized spacial score (nSPS) is 25.7. The molecule has 0 atom stereocenters. The molecule has 0 unspecified atom stereocenters. The van der Waals surface area contributed by atoms with Gasteiger partial charge in [-0.15, -0.1) is 0 Å².